The van der Waals surface area contributed by atoms with Gasteiger partial charge in [-0.3, -0.25) is 0 Å². The maximum atomic E-state index is 14.4. The number of amidine groups is 1. The zero-order valence-electron chi connectivity index (χ0n) is 21.2. The first-order chi connectivity index (χ1) is 16.2. The highest BCUT2D eigenvalue weighted by Crippen LogP contribution is 2.34. The van der Waals surface area contributed by atoms with Gasteiger partial charge in [-0.2, -0.15) is 0 Å². The van der Waals surface area contributed by atoms with Gasteiger partial charge >= 0.3 is 0 Å². The van der Waals surface area contributed by atoms with E-state index in [0.717, 1.165) is 13.1 Å². The van der Waals surface area contributed by atoms with Gasteiger partial charge in [-0.25, -0.2) is 9.38 Å². The number of halogens is 1. The van der Waals surface area contributed by atoms with Crippen molar-refractivity contribution in [2.75, 3.05) is 33.8 Å². The SMILES string of the molecule is CN=C(N[C@@H](CCO)c1ccccc1F)OC(C)(C)C(C)c1ccc(C2CCN(C)CC2)cc1. The van der Waals surface area contributed by atoms with Crippen molar-refractivity contribution in [3.63, 3.8) is 0 Å². The molecule has 2 aromatic rings. The number of hydrogen-bond acceptors (Lipinski definition) is 4. The van der Waals surface area contributed by atoms with Crippen molar-refractivity contribution in [2.45, 2.75) is 63.5 Å². The van der Waals surface area contributed by atoms with Crippen LogP contribution in [0, 0.1) is 5.82 Å². The molecule has 3 rings (SSSR count). The van der Waals surface area contributed by atoms with E-state index >= 15 is 0 Å². The molecule has 1 fully saturated rings. The lowest BCUT2D eigenvalue weighted by atomic mass is 9.84. The van der Waals surface area contributed by atoms with E-state index in [0.29, 0.717) is 23.9 Å². The summed E-state index contributed by atoms with van der Waals surface area (Å²) < 4.78 is 20.7. The smallest absolute Gasteiger partial charge is 0.285 e. The minimum Gasteiger partial charge on any atom is -0.459 e. The van der Waals surface area contributed by atoms with Crippen LogP contribution in [-0.4, -0.2) is 55.4 Å². The molecule has 0 bridgehead atoms. The Bertz CT molecular complexity index is 937. The van der Waals surface area contributed by atoms with Gasteiger partial charge in [0.15, 0.2) is 0 Å². The Labute approximate surface area is 204 Å². The Balaban J connectivity index is 1.68. The largest absolute Gasteiger partial charge is 0.459 e. The third-order valence-corrected chi connectivity index (χ3v) is 7.23. The standard InChI is InChI=1S/C28H40FN3O2/c1-20(21-10-12-22(13-11-21)23-14-17-32(5)18-15-23)28(2,3)34-27(30-4)31-26(16-19-33)24-8-6-7-9-25(24)29/h6-13,20,23,26,33H,14-19H2,1-5H3,(H,30,31)/t20?,26-/m0/s1. The van der Waals surface area contributed by atoms with Crippen LogP contribution in [-0.2, 0) is 4.74 Å². The molecule has 6 heteroatoms. The van der Waals surface area contributed by atoms with Crippen LogP contribution < -0.4 is 5.32 Å². The number of rotatable bonds is 8. The molecule has 1 saturated heterocycles. The maximum Gasteiger partial charge on any atom is 0.285 e. The first-order valence-electron chi connectivity index (χ1n) is 12.3. The number of nitrogens with one attached hydrogen (secondary N) is 1. The predicted octanol–water partition coefficient (Wildman–Crippen LogP) is 5.23. The number of ether oxygens (including phenoxy) is 1. The number of piperidine rings is 1. The lowest BCUT2D eigenvalue weighted by molar-refractivity contribution is 0.0622. The van der Waals surface area contributed by atoms with Crippen LogP contribution in [0.5, 0.6) is 0 Å². The van der Waals surface area contributed by atoms with Crippen molar-refractivity contribution < 1.29 is 14.2 Å². The molecule has 0 spiro atoms. The summed E-state index contributed by atoms with van der Waals surface area (Å²) in [6.07, 6.45) is 2.76. The monoisotopic (exact) mass is 469 g/mol. The number of hydrogen-bond donors (Lipinski definition) is 2. The molecular formula is C28H40FN3O2. The molecule has 1 heterocycles. The Hall–Kier alpha value is -2.44. The van der Waals surface area contributed by atoms with E-state index in [9.17, 15) is 9.50 Å². The lowest BCUT2D eigenvalue weighted by Crippen LogP contribution is -2.41. The van der Waals surface area contributed by atoms with Crippen molar-refractivity contribution in [1.29, 1.82) is 0 Å². The molecular weight excluding hydrogens is 429 g/mol. The van der Waals surface area contributed by atoms with E-state index < -0.39 is 11.6 Å². The quantitative estimate of drug-likeness (QED) is 0.410. The second-order valence-electron chi connectivity index (χ2n) is 9.93. The van der Waals surface area contributed by atoms with E-state index in [1.807, 2.05) is 13.8 Å². The molecule has 2 N–H and O–H groups in total. The number of aliphatic imine (C=N–C) groups is 1. The highest BCUT2D eigenvalue weighted by atomic mass is 19.1. The Morgan fingerprint density at radius 1 is 1.18 bits per heavy atom. The third-order valence-electron chi connectivity index (χ3n) is 7.23. The average molecular weight is 470 g/mol. The predicted molar refractivity (Wildman–Crippen MR) is 137 cm³/mol. The van der Waals surface area contributed by atoms with E-state index in [2.05, 4.69) is 53.4 Å². The van der Waals surface area contributed by atoms with Gasteiger partial charge in [-0.15, -0.1) is 0 Å². The van der Waals surface area contributed by atoms with Crippen LogP contribution >= 0.6 is 0 Å². The molecule has 34 heavy (non-hydrogen) atoms. The van der Waals surface area contributed by atoms with Gasteiger partial charge in [0.25, 0.3) is 6.02 Å². The van der Waals surface area contributed by atoms with Crippen molar-refractivity contribution in [2.24, 2.45) is 4.99 Å². The summed E-state index contributed by atoms with van der Waals surface area (Å²) in [5, 5.41) is 12.7. The van der Waals surface area contributed by atoms with Gasteiger partial charge in [0.2, 0.25) is 0 Å². The average Bonchev–Trinajstić information content (AvgIpc) is 2.83. The number of nitrogens with zero attached hydrogens (tertiary/aromatic N) is 2. The number of benzene rings is 2. The Morgan fingerprint density at radius 3 is 2.41 bits per heavy atom. The molecule has 0 aliphatic carbocycles. The molecule has 2 aromatic carbocycles. The number of likely N-dealkylation sites (tertiary alicyclic amines) is 1. The first-order valence-corrected chi connectivity index (χ1v) is 12.3. The van der Waals surface area contributed by atoms with Crippen LogP contribution in [0.4, 0.5) is 4.39 Å². The first kappa shape index (κ1) is 26.2. The topological polar surface area (TPSA) is 57.1 Å². The summed E-state index contributed by atoms with van der Waals surface area (Å²) in [6, 6.07) is 15.4. The highest BCUT2D eigenvalue weighted by molar-refractivity contribution is 5.74. The van der Waals surface area contributed by atoms with Crippen LogP contribution in [0.3, 0.4) is 0 Å². The zero-order valence-corrected chi connectivity index (χ0v) is 21.2. The van der Waals surface area contributed by atoms with Gasteiger partial charge < -0.3 is 20.1 Å². The fourth-order valence-corrected chi connectivity index (χ4v) is 4.62. The summed E-state index contributed by atoms with van der Waals surface area (Å²) >= 11 is 0. The van der Waals surface area contributed by atoms with Gasteiger partial charge in [0.1, 0.15) is 11.4 Å². The van der Waals surface area contributed by atoms with E-state index in [1.54, 1.807) is 25.2 Å². The summed E-state index contributed by atoms with van der Waals surface area (Å²) in [7, 11) is 3.84. The van der Waals surface area contributed by atoms with Gasteiger partial charge in [0.05, 0.1) is 6.04 Å². The molecule has 2 atom stereocenters. The summed E-state index contributed by atoms with van der Waals surface area (Å²) in [5.41, 5.74) is 2.54. The Kier molecular flexibility index (Phi) is 9.09. The molecule has 1 aliphatic heterocycles. The molecule has 0 saturated carbocycles. The van der Waals surface area contributed by atoms with E-state index in [-0.39, 0.29) is 18.3 Å². The minimum atomic E-state index is -0.560. The molecule has 1 aliphatic rings. The molecule has 5 nitrogen and oxygen atoms in total. The molecule has 186 valence electrons. The fourth-order valence-electron chi connectivity index (χ4n) is 4.62. The molecule has 0 amide bonds. The van der Waals surface area contributed by atoms with Gasteiger partial charge in [-0.1, -0.05) is 49.4 Å². The fraction of sp³-hybridized carbons (Fsp3) is 0.536. The maximum absolute atomic E-state index is 14.4. The number of aliphatic hydroxyl groups is 1. The summed E-state index contributed by atoms with van der Waals surface area (Å²) in [6.45, 7) is 8.46. The van der Waals surface area contributed by atoms with Crippen molar-refractivity contribution in [3.8, 4) is 0 Å². The minimum absolute atomic E-state index is 0.0770. The lowest BCUT2D eigenvalue weighted by Gasteiger charge is -2.35. The van der Waals surface area contributed by atoms with Crippen LogP contribution in [0.15, 0.2) is 53.5 Å². The van der Waals surface area contributed by atoms with Gasteiger partial charge in [0, 0.05) is 25.1 Å². The van der Waals surface area contributed by atoms with Crippen LogP contribution in [0.2, 0.25) is 0 Å². The second-order valence-corrected chi connectivity index (χ2v) is 9.93. The molecule has 0 aromatic heterocycles. The van der Waals surface area contributed by atoms with Crippen molar-refractivity contribution in [3.05, 3.63) is 71.0 Å². The van der Waals surface area contributed by atoms with E-state index in [4.69, 9.17) is 4.74 Å². The van der Waals surface area contributed by atoms with Crippen molar-refractivity contribution >= 4 is 6.02 Å². The molecule has 1 unspecified atom stereocenters. The van der Waals surface area contributed by atoms with E-state index in [1.165, 1.54) is 30.0 Å². The van der Waals surface area contributed by atoms with Crippen LogP contribution in [0.25, 0.3) is 0 Å². The third kappa shape index (κ3) is 6.57. The Morgan fingerprint density at radius 2 is 1.82 bits per heavy atom. The summed E-state index contributed by atoms with van der Waals surface area (Å²) in [4.78, 5) is 6.68. The second kappa shape index (κ2) is 11.8. The summed E-state index contributed by atoms with van der Waals surface area (Å²) in [5.74, 6) is 0.415. The van der Waals surface area contributed by atoms with Crippen molar-refractivity contribution in [1.82, 2.24) is 10.2 Å². The number of aliphatic hydroxyl groups excluding tert-OH is 1. The normalized spacial score (nSPS) is 17.9. The molecule has 0 radical (unpaired) electrons. The van der Waals surface area contributed by atoms with Crippen LogP contribution in [0.1, 0.15) is 74.6 Å². The highest BCUT2D eigenvalue weighted by Gasteiger charge is 2.32. The zero-order chi connectivity index (χ0) is 24.7. The van der Waals surface area contributed by atoms with Gasteiger partial charge in [-0.05, 0) is 76.4 Å².